The highest BCUT2D eigenvalue weighted by Gasteiger charge is 2.32. The number of hydrazine groups is 1. The summed E-state index contributed by atoms with van der Waals surface area (Å²) in [7, 11) is 0. The van der Waals surface area contributed by atoms with Crippen LogP contribution in [-0.2, 0) is 6.42 Å². The highest BCUT2D eigenvalue weighted by atomic mass is 16.5. The summed E-state index contributed by atoms with van der Waals surface area (Å²) in [6, 6.07) is 6.48. The third kappa shape index (κ3) is 2.17. The van der Waals surface area contributed by atoms with Crippen molar-refractivity contribution >= 4 is 0 Å². The van der Waals surface area contributed by atoms with Crippen molar-refractivity contribution in [2.45, 2.75) is 39.7 Å². The second-order valence-corrected chi connectivity index (χ2v) is 5.38. The van der Waals surface area contributed by atoms with Crippen LogP contribution in [0.4, 0.5) is 0 Å². The van der Waals surface area contributed by atoms with E-state index in [-0.39, 0.29) is 11.5 Å². The van der Waals surface area contributed by atoms with Gasteiger partial charge in [0.1, 0.15) is 5.75 Å². The van der Waals surface area contributed by atoms with Crippen molar-refractivity contribution in [3.63, 3.8) is 0 Å². The molecular weight excluding hydrogens is 212 g/mol. The minimum absolute atomic E-state index is 0.107. The molecule has 3 N–H and O–H groups in total. The minimum atomic E-state index is 0.107. The molecule has 0 bridgehead atoms. The predicted octanol–water partition coefficient (Wildman–Crippen LogP) is 2.56. The summed E-state index contributed by atoms with van der Waals surface area (Å²) in [5.74, 6) is 6.79. The number of ether oxygens (including phenoxy) is 1. The number of benzene rings is 1. The van der Waals surface area contributed by atoms with Gasteiger partial charge in [-0.05, 0) is 17.4 Å². The van der Waals surface area contributed by atoms with Crippen molar-refractivity contribution in [3.05, 3.63) is 29.3 Å². The molecular formula is C14H22N2O. The Labute approximate surface area is 103 Å². The van der Waals surface area contributed by atoms with E-state index >= 15 is 0 Å². The Bertz CT molecular complexity index is 401. The van der Waals surface area contributed by atoms with Crippen molar-refractivity contribution in [2.75, 3.05) is 6.61 Å². The van der Waals surface area contributed by atoms with E-state index in [9.17, 15) is 0 Å². The van der Waals surface area contributed by atoms with E-state index in [2.05, 4.69) is 44.4 Å². The number of hydrogen-bond acceptors (Lipinski definition) is 3. The van der Waals surface area contributed by atoms with Gasteiger partial charge in [0, 0.05) is 12.0 Å². The Morgan fingerprint density at radius 2 is 2.24 bits per heavy atom. The Balaban J connectivity index is 2.42. The van der Waals surface area contributed by atoms with E-state index in [4.69, 9.17) is 10.6 Å². The normalized spacial score (nSPS) is 16.5. The molecule has 94 valence electrons. The molecule has 3 nitrogen and oxygen atoms in total. The van der Waals surface area contributed by atoms with Crippen LogP contribution in [0.5, 0.6) is 5.75 Å². The van der Waals surface area contributed by atoms with Gasteiger partial charge in [0.25, 0.3) is 0 Å². The largest absolute Gasteiger partial charge is 0.493 e. The number of nitrogens with two attached hydrogens (primary N) is 1. The van der Waals surface area contributed by atoms with E-state index in [0.29, 0.717) is 0 Å². The van der Waals surface area contributed by atoms with Gasteiger partial charge >= 0.3 is 0 Å². The molecule has 0 amide bonds. The van der Waals surface area contributed by atoms with Gasteiger partial charge in [-0.25, -0.2) is 0 Å². The molecule has 0 spiro atoms. The lowest BCUT2D eigenvalue weighted by atomic mass is 9.78. The Morgan fingerprint density at radius 1 is 1.47 bits per heavy atom. The zero-order valence-electron chi connectivity index (χ0n) is 10.9. The maximum atomic E-state index is 5.76. The first-order chi connectivity index (χ1) is 8.10. The van der Waals surface area contributed by atoms with Crippen molar-refractivity contribution in [2.24, 2.45) is 11.3 Å². The van der Waals surface area contributed by atoms with Crippen molar-refractivity contribution in [3.8, 4) is 5.75 Å². The fraction of sp³-hybridized carbons (Fsp3) is 0.571. The lowest BCUT2D eigenvalue weighted by Crippen LogP contribution is -2.38. The average molecular weight is 234 g/mol. The van der Waals surface area contributed by atoms with Gasteiger partial charge in [0.2, 0.25) is 0 Å². The number of para-hydroxylation sites is 1. The van der Waals surface area contributed by atoms with Crippen molar-refractivity contribution < 1.29 is 4.74 Å². The first-order valence-electron chi connectivity index (χ1n) is 6.31. The van der Waals surface area contributed by atoms with Gasteiger partial charge in [0.05, 0.1) is 12.6 Å². The topological polar surface area (TPSA) is 47.3 Å². The van der Waals surface area contributed by atoms with Gasteiger partial charge in [-0.1, -0.05) is 39.0 Å². The molecule has 1 aromatic rings. The number of nitrogens with one attached hydrogen (secondary N) is 1. The average Bonchev–Trinajstić information content (AvgIpc) is 2.78. The van der Waals surface area contributed by atoms with Gasteiger partial charge < -0.3 is 4.74 Å². The molecule has 0 aliphatic carbocycles. The standard InChI is InChI=1S/C14H22N2O/c1-4-14(2,3)13(16-15)11-7-5-6-10-8-9-17-12(10)11/h5-7,13,16H,4,8-9,15H2,1-3H3. The Kier molecular flexibility index (Phi) is 3.40. The second-order valence-electron chi connectivity index (χ2n) is 5.38. The van der Waals surface area contributed by atoms with Crippen LogP contribution in [0.3, 0.4) is 0 Å². The fourth-order valence-corrected chi connectivity index (χ4v) is 2.41. The van der Waals surface area contributed by atoms with Crippen LogP contribution in [0.1, 0.15) is 44.4 Å². The lowest BCUT2D eigenvalue weighted by Gasteiger charge is -2.34. The van der Waals surface area contributed by atoms with Crippen LogP contribution >= 0.6 is 0 Å². The van der Waals surface area contributed by atoms with Crippen LogP contribution in [0, 0.1) is 5.41 Å². The van der Waals surface area contributed by atoms with E-state index in [1.165, 1.54) is 11.1 Å². The maximum absolute atomic E-state index is 5.76. The van der Waals surface area contributed by atoms with E-state index in [1.54, 1.807) is 0 Å². The Hall–Kier alpha value is -1.06. The highest BCUT2D eigenvalue weighted by molar-refractivity contribution is 5.46. The Morgan fingerprint density at radius 3 is 2.88 bits per heavy atom. The molecule has 1 unspecified atom stereocenters. The van der Waals surface area contributed by atoms with Gasteiger partial charge in [-0.15, -0.1) is 0 Å². The van der Waals surface area contributed by atoms with Gasteiger partial charge in [-0.3, -0.25) is 11.3 Å². The summed E-state index contributed by atoms with van der Waals surface area (Å²) < 4.78 is 5.76. The molecule has 1 aliphatic heterocycles. The first-order valence-corrected chi connectivity index (χ1v) is 6.31. The molecule has 1 heterocycles. The van der Waals surface area contributed by atoms with E-state index < -0.39 is 0 Å². The quantitative estimate of drug-likeness (QED) is 0.622. The van der Waals surface area contributed by atoms with E-state index in [1.807, 2.05) is 0 Å². The smallest absolute Gasteiger partial charge is 0.127 e. The van der Waals surface area contributed by atoms with Gasteiger partial charge in [-0.2, -0.15) is 0 Å². The van der Waals surface area contributed by atoms with Crippen LogP contribution < -0.4 is 16.0 Å². The summed E-state index contributed by atoms with van der Waals surface area (Å²) in [6.45, 7) is 7.43. The summed E-state index contributed by atoms with van der Waals surface area (Å²) in [6.07, 6.45) is 2.07. The first kappa shape index (κ1) is 12.4. The monoisotopic (exact) mass is 234 g/mol. The molecule has 3 heteroatoms. The molecule has 0 saturated heterocycles. The molecule has 0 radical (unpaired) electrons. The number of rotatable bonds is 4. The molecule has 1 aliphatic rings. The predicted molar refractivity (Wildman–Crippen MR) is 69.8 cm³/mol. The van der Waals surface area contributed by atoms with E-state index in [0.717, 1.165) is 25.2 Å². The molecule has 0 saturated carbocycles. The molecule has 0 fully saturated rings. The summed E-state index contributed by atoms with van der Waals surface area (Å²) in [4.78, 5) is 0. The summed E-state index contributed by atoms with van der Waals surface area (Å²) in [5.41, 5.74) is 5.56. The van der Waals surface area contributed by atoms with Crippen molar-refractivity contribution in [1.82, 2.24) is 5.43 Å². The zero-order chi connectivity index (χ0) is 12.5. The number of hydrogen-bond donors (Lipinski definition) is 2. The lowest BCUT2D eigenvalue weighted by molar-refractivity contribution is 0.229. The third-order valence-corrected chi connectivity index (χ3v) is 3.92. The molecule has 1 atom stereocenters. The zero-order valence-corrected chi connectivity index (χ0v) is 10.9. The minimum Gasteiger partial charge on any atom is -0.493 e. The maximum Gasteiger partial charge on any atom is 0.127 e. The molecule has 17 heavy (non-hydrogen) atoms. The second kappa shape index (κ2) is 4.67. The summed E-state index contributed by atoms with van der Waals surface area (Å²) >= 11 is 0. The van der Waals surface area contributed by atoms with Crippen LogP contribution in [-0.4, -0.2) is 6.61 Å². The van der Waals surface area contributed by atoms with Crippen LogP contribution in [0.25, 0.3) is 0 Å². The highest BCUT2D eigenvalue weighted by Crippen LogP contribution is 2.42. The summed E-state index contributed by atoms with van der Waals surface area (Å²) in [5, 5.41) is 0. The molecule has 1 aromatic carbocycles. The molecule has 0 aromatic heterocycles. The van der Waals surface area contributed by atoms with Crippen LogP contribution in [0.2, 0.25) is 0 Å². The van der Waals surface area contributed by atoms with Crippen LogP contribution in [0.15, 0.2) is 18.2 Å². The SMILES string of the molecule is CCC(C)(C)C(NN)c1cccc2c1OCC2. The third-order valence-electron chi connectivity index (χ3n) is 3.92. The number of fused-ring (bicyclic) bond motifs is 1. The van der Waals surface area contributed by atoms with Gasteiger partial charge in [0.15, 0.2) is 0 Å². The molecule has 2 rings (SSSR count). The fourth-order valence-electron chi connectivity index (χ4n) is 2.41. The van der Waals surface area contributed by atoms with Crippen molar-refractivity contribution in [1.29, 1.82) is 0 Å².